The van der Waals surface area contributed by atoms with E-state index in [-0.39, 0.29) is 18.5 Å². The highest BCUT2D eigenvalue weighted by Gasteiger charge is 2.20. The van der Waals surface area contributed by atoms with E-state index >= 15 is 0 Å². The van der Waals surface area contributed by atoms with Gasteiger partial charge in [-0.2, -0.15) is 0 Å². The van der Waals surface area contributed by atoms with Gasteiger partial charge in [0.05, 0.1) is 25.4 Å². The van der Waals surface area contributed by atoms with Gasteiger partial charge in [-0.1, -0.05) is 192 Å². The molecule has 6 nitrogen and oxygen atoms in total. The molecule has 0 heterocycles. The molecule has 0 saturated carbocycles. The smallest absolute Gasteiger partial charge is 0.305 e. The Morgan fingerprint density at radius 1 is 0.482 bits per heavy atom. The Bertz CT molecular complexity index is 874. The van der Waals surface area contributed by atoms with Gasteiger partial charge in [0.1, 0.15) is 0 Å². The normalized spacial score (nSPS) is 12.9. The second-order valence-electron chi connectivity index (χ2n) is 16.8. The first-order chi connectivity index (χ1) is 27.5. The Balaban J connectivity index is 3.54. The number of aliphatic hydroxyl groups excluding tert-OH is 2. The van der Waals surface area contributed by atoms with Gasteiger partial charge in [-0.3, -0.25) is 9.59 Å². The van der Waals surface area contributed by atoms with Crippen LogP contribution in [0.3, 0.4) is 0 Å². The minimum atomic E-state index is -0.685. The lowest BCUT2D eigenvalue weighted by atomic mass is 10.0. The topological polar surface area (TPSA) is 95.9 Å². The van der Waals surface area contributed by atoms with E-state index in [0.29, 0.717) is 25.9 Å². The fourth-order valence-electron chi connectivity index (χ4n) is 7.39. The van der Waals surface area contributed by atoms with E-state index in [4.69, 9.17) is 4.74 Å². The standard InChI is InChI=1S/C50H95NO5/c1-3-5-7-9-11-13-15-17-19-20-22-26-30-34-38-42-48(53)47(46-52)51-49(54)43-39-35-31-27-24-25-29-33-37-41-45-56-50(55)44-40-36-32-28-23-21-18-16-14-12-10-8-6-4-2/h16,18,25,29,47-48,52-53H,3-15,17,19-24,26-28,30-46H2,1-2H3,(H,51,54)/b18-16-,29-25-. The van der Waals surface area contributed by atoms with Gasteiger partial charge in [-0.05, 0) is 77.0 Å². The van der Waals surface area contributed by atoms with Gasteiger partial charge in [0, 0.05) is 12.8 Å². The third kappa shape index (κ3) is 42.0. The number of nitrogens with one attached hydrogen (secondary N) is 1. The first-order valence-corrected chi connectivity index (χ1v) is 24.6. The van der Waals surface area contributed by atoms with Crippen molar-refractivity contribution in [1.82, 2.24) is 5.32 Å². The Labute approximate surface area is 348 Å². The van der Waals surface area contributed by atoms with Crippen molar-refractivity contribution in [1.29, 1.82) is 0 Å². The van der Waals surface area contributed by atoms with Crippen LogP contribution >= 0.6 is 0 Å². The summed E-state index contributed by atoms with van der Waals surface area (Å²) in [6, 6.07) is -0.566. The number of unbranched alkanes of at least 4 members (excludes halogenated alkanes) is 30. The van der Waals surface area contributed by atoms with Crippen LogP contribution in [-0.2, 0) is 14.3 Å². The summed E-state index contributed by atoms with van der Waals surface area (Å²) >= 11 is 0. The van der Waals surface area contributed by atoms with Crippen LogP contribution in [0.4, 0.5) is 0 Å². The molecule has 0 aromatic carbocycles. The number of hydrogen-bond acceptors (Lipinski definition) is 5. The maximum Gasteiger partial charge on any atom is 0.305 e. The lowest BCUT2D eigenvalue weighted by molar-refractivity contribution is -0.143. The Hall–Kier alpha value is -1.66. The summed E-state index contributed by atoms with van der Waals surface area (Å²) in [6.45, 7) is 4.85. The molecule has 0 bridgehead atoms. The minimum absolute atomic E-state index is 0.0451. The van der Waals surface area contributed by atoms with Crippen LogP contribution in [0.2, 0.25) is 0 Å². The molecule has 330 valence electrons. The molecule has 0 rings (SSSR count). The number of rotatable bonds is 45. The van der Waals surface area contributed by atoms with Crippen molar-refractivity contribution >= 4 is 11.9 Å². The van der Waals surface area contributed by atoms with Gasteiger partial charge in [0.2, 0.25) is 5.91 Å². The van der Waals surface area contributed by atoms with Gasteiger partial charge >= 0.3 is 5.97 Å². The van der Waals surface area contributed by atoms with Gasteiger partial charge in [-0.25, -0.2) is 0 Å². The lowest BCUT2D eigenvalue weighted by Crippen LogP contribution is -2.45. The summed E-state index contributed by atoms with van der Waals surface area (Å²) in [6.07, 6.45) is 52.8. The van der Waals surface area contributed by atoms with Crippen molar-refractivity contribution in [2.75, 3.05) is 13.2 Å². The molecule has 2 unspecified atom stereocenters. The third-order valence-electron chi connectivity index (χ3n) is 11.2. The van der Waals surface area contributed by atoms with Gasteiger partial charge in [0.25, 0.3) is 0 Å². The van der Waals surface area contributed by atoms with E-state index < -0.39 is 12.1 Å². The average molecular weight is 790 g/mol. The number of hydrogen-bond donors (Lipinski definition) is 3. The zero-order valence-corrected chi connectivity index (χ0v) is 37.4. The molecule has 1 amide bonds. The molecule has 0 aromatic rings. The van der Waals surface area contributed by atoms with Crippen LogP contribution in [-0.4, -0.2) is 47.4 Å². The van der Waals surface area contributed by atoms with Crippen molar-refractivity contribution < 1.29 is 24.5 Å². The molecule has 56 heavy (non-hydrogen) atoms. The van der Waals surface area contributed by atoms with Crippen LogP contribution < -0.4 is 5.32 Å². The SMILES string of the molecule is CCCCCCC/C=C\CCCCCCCC(=O)OCCCC/C=C\CCCCCCC(=O)NC(CO)C(O)CCCCCCCCCCCCCCCCC. The molecular weight excluding hydrogens is 695 g/mol. The molecule has 2 atom stereocenters. The summed E-state index contributed by atoms with van der Waals surface area (Å²) in [7, 11) is 0. The van der Waals surface area contributed by atoms with Crippen LogP contribution in [0.25, 0.3) is 0 Å². The monoisotopic (exact) mass is 790 g/mol. The fourth-order valence-corrected chi connectivity index (χ4v) is 7.39. The summed E-state index contributed by atoms with van der Waals surface area (Å²) in [4.78, 5) is 24.4. The number of amides is 1. The summed E-state index contributed by atoms with van der Waals surface area (Å²) in [5, 5.41) is 23.2. The van der Waals surface area contributed by atoms with Crippen molar-refractivity contribution in [2.45, 2.75) is 270 Å². The highest BCUT2D eigenvalue weighted by Crippen LogP contribution is 2.16. The molecule has 3 N–H and O–H groups in total. The molecule has 0 aliphatic heterocycles. The molecule has 0 aliphatic carbocycles. The Morgan fingerprint density at radius 2 is 0.839 bits per heavy atom. The largest absolute Gasteiger partial charge is 0.466 e. The van der Waals surface area contributed by atoms with Crippen molar-refractivity contribution in [2.24, 2.45) is 0 Å². The number of esters is 1. The molecule has 0 aliphatic rings. The van der Waals surface area contributed by atoms with Crippen molar-refractivity contribution in [3.05, 3.63) is 24.3 Å². The minimum Gasteiger partial charge on any atom is -0.466 e. The van der Waals surface area contributed by atoms with E-state index in [2.05, 4.69) is 43.5 Å². The predicted octanol–water partition coefficient (Wildman–Crippen LogP) is 14.3. The van der Waals surface area contributed by atoms with Gasteiger partial charge in [0.15, 0.2) is 0 Å². The number of aliphatic hydroxyl groups is 2. The van der Waals surface area contributed by atoms with E-state index in [1.807, 2.05) is 0 Å². The number of ether oxygens (including phenoxy) is 1. The van der Waals surface area contributed by atoms with E-state index in [1.165, 1.54) is 148 Å². The van der Waals surface area contributed by atoms with Gasteiger partial charge < -0.3 is 20.3 Å². The molecular formula is C50H95NO5. The number of carbonyl (C=O) groups excluding carboxylic acids is 2. The maximum absolute atomic E-state index is 12.4. The molecule has 0 aromatic heterocycles. The predicted molar refractivity (Wildman–Crippen MR) is 241 cm³/mol. The zero-order valence-electron chi connectivity index (χ0n) is 37.4. The molecule has 0 fully saturated rings. The second kappa shape index (κ2) is 46.0. The van der Waals surface area contributed by atoms with Crippen molar-refractivity contribution in [3.63, 3.8) is 0 Å². The van der Waals surface area contributed by atoms with Gasteiger partial charge in [-0.15, -0.1) is 0 Å². The Morgan fingerprint density at radius 3 is 1.27 bits per heavy atom. The van der Waals surface area contributed by atoms with Crippen molar-refractivity contribution in [3.8, 4) is 0 Å². The van der Waals surface area contributed by atoms with Crippen LogP contribution in [0, 0.1) is 0 Å². The number of carbonyl (C=O) groups is 2. The molecule has 0 saturated heterocycles. The summed E-state index contributed by atoms with van der Waals surface area (Å²) in [5.41, 5.74) is 0. The third-order valence-corrected chi connectivity index (χ3v) is 11.2. The van der Waals surface area contributed by atoms with Crippen LogP contribution in [0.15, 0.2) is 24.3 Å². The molecule has 6 heteroatoms. The maximum atomic E-state index is 12.4. The van der Waals surface area contributed by atoms with E-state index in [1.54, 1.807) is 0 Å². The first kappa shape index (κ1) is 54.3. The molecule has 0 spiro atoms. The highest BCUT2D eigenvalue weighted by molar-refractivity contribution is 5.76. The highest BCUT2D eigenvalue weighted by atomic mass is 16.5. The number of allylic oxidation sites excluding steroid dienone is 4. The van der Waals surface area contributed by atoms with E-state index in [9.17, 15) is 19.8 Å². The average Bonchev–Trinajstić information content (AvgIpc) is 3.20. The van der Waals surface area contributed by atoms with Crippen LogP contribution in [0.1, 0.15) is 258 Å². The zero-order chi connectivity index (χ0) is 40.8. The lowest BCUT2D eigenvalue weighted by Gasteiger charge is -2.22. The van der Waals surface area contributed by atoms with Crippen LogP contribution in [0.5, 0.6) is 0 Å². The quantitative estimate of drug-likeness (QED) is 0.0324. The fraction of sp³-hybridized carbons (Fsp3) is 0.880. The second-order valence-corrected chi connectivity index (χ2v) is 16.8. The van der Waals surface area contributed by atoms with E-state index in [0.717, 1.165) is 77.0 Å². The Kier molecular flexibility index (Phi) is 44.7. The first-order valence-electron chi connectivity index (χ1n) is 24.6. The summed E-state index contributed by atoms with van der Waals surface area (Å²) in [5.74, 6) is -0.116. The molecule has 0 radical (unpaired) electrons. The summed E-state index contributed by atoms with van der Waals surface area (Å²) < 4.78 is 5.42.